The summed E-state index contributed by atoms with van der Waals surface area (Å²) in [5.41, 5.74) is 3.62. The van der Waals surface area contributed by atoms with Crippen molar-refractivity contribution < 1.29 is 4.79 Å². The van der Waals surface area contributed by atoms with E-state index in [-0.39, 0.29) is 18.3 Å². The van der Waals surface area contributed by atoms with Gasteiger partial charge in [-0.2, -0.15) is 0 Å². The normalized spacial score (nSPS) is 10.8. The molecule has 0 bridgehead atoms. The number of thiazole rings is 1. The largest absolute Gasteiger partial charge is 0.337 e. The van der Waals surface area contributed by atoms with Crippen molar-refractivity contribution in [1.82, 2.24) is 14.5 Å². The van der Waals surface area contributed by atoms with Gasteiger partial charge in [0.25, 0.3) is 5.91 Å². The number of carbonyl (C=O) groups is 1. The van der Waals surface area contributed by atoms with Crippen LogP contribution >= 0.6 is 35.3 Å². The summed E-state index contributed by atoms with van der Waals surface area (Å²) in [6.07, 6.45) is 6.26. The minimum Gasteiger partial charge on any atom is -0.337 e. The standard InChI is InChI=1S/C22H21ClN4OS.ClH/c1-15-5-3-6-17(13-15)21(28)27(11-4-10-26-12-9-24-14-26)22-25-19-16(2)7-8-18(23)20(19)29-22;/h3,5-9,12-14H,4,10-11H2,1-2H3;1H. The van der Waals surface area contributed by atoms with Gasteiger partial charge < -0.3 is 4.57 Å². The van der Waals surface area contributed by atoms with Crippen LogP contribution in [0.2, 0.25) is 5.02 Å². The molecule has 8 heteroatoms. The van der Waals surface area contributed by atoms with E-state index < -0.39 is 0 Å². The highest BCUT2D eigenvalue weighted by atomic mass is 35.5. The SMILES string of the molecule is Cc1cccc(C(=O)N(CCCn2ccnc2)c2nc3c(C)ccc(Cl)c3s2)c1.Cl. The Hall–Kier alpha value is -2.41. The average Bonchev–Trinajstić information content (AvgIpc) is 3.38. The topological polar surface area (TPSA) is 51.0 Å². The van der Waals surface area contributed by atoms with Gasteiger partial charge in [0.05, 0.1) is 21.6 Å². The van der Waals surface area contributed by atoms with Crippen LogP contribution in [0.25, 0.3) is 10.2 Å². The molecule has 1 amide bonds. The first kappa shape index (κ1) is 22.3. The van der Waals surface area contributed by atoms with E-state index in [0.717, 1.165) is 34.3 Å². The molecule has 30 heavy (non-hydrogen) atoms. The van der Waals surface area contributed by atoms with E-state index >= 15 is 0 Å². The summed E-state index contributed by atoms with van der Waals surface area (Å²) in [5, 5.41) is 1.34. The number of rotatable bonds is 6. The minimum atomic E-state index is -0.0489. The molecule has 0 aliphatic rings. The van der Waals surface area contributed by atoms with Crippen molar-refractivity contribution in [2.45, 2.75) is 26.8 Å². The van der Waals surface area contributed by atoms with Gasteiger partial charge in [-0.25, -0.2) is 9.97 Å². The van der Waals surface area contributed by atoms with Crippen LogP contribution in [0, 0.1) is 13.8 Å². The molecular weight excluding hydrogens is 439 g/mol. The lowest BCUT2D eigenvalue weighted by atomic mass is 10.1. The van der Waals surface area contributed by atoms with Crippen LogP contribution in [0.1, 0.15) is 27.9 Å². The van der Waals surface area contributed by atoms with E-state index in [4.69, 9.17) is 16.6 Å². The first-order chi connectivity index (χ1) is 14.0. The van der Waals surface area contributed by atoms with Gasteiger partial charge in [0.2, 0.25) is 0 Å². The van der Waals surface area contributed by atoms with E-state index in [1.807, 2.05) is 61.0 Å². The molecule has 0 spiro atoms. The minimum absolute atomic E-state index is 0. The molecule has 2 aromatic carbocycles. The first-order valence-electron chi connectivity index (χ1n) is 9.43. The summed E-state index contributed by atoms with van der Waals surface area (Å²) in [5.74, 6) is -0.0489. The molecule has 2 aromatic heterocycles. The van der Waals surface area contributed by atoms with Crippen molar-refractivity contribution in [3.63, 3.8) is 0 Å². The van der Waals surface area contributed by atoms with Crippen LogP contribution in [0.5, 0.6) is 0 Å². The molecule has 156 valence electrons. The lowest BCUT2D eigenvalue weighted by Crippen LogP contribution is -2.32. The number of hydrogen-bond donors (Lipinski definition) is 0. The van der Waals surface area contributed by atoms with Gasteiger partial charge in [0, 0.05) is 31.0 Å². The van der Waals surface area contributed by atoms with Gasteiger partial charge in [-0.3, -0.25) is 9.69 Å². The zero-order chi connectivity index (χ0) is 20.4. The second kappa shape index (κ2) is 9.60. The van der Waals surface area contributed by atoms with E-state index in [2.05, 4.69) is 4.98 Å². The Kier molecular flexibility index (Phi) is 7.13. The zero-order valence-corrected chi connectivity index (χ0v) is 19.1. The molecule has 5 nitrogen and oxygen atoms in total. The number of aryl methyl sites for hydroxylation is 3. The number of halogens is 2. The van der Waals surface area contributed by atoms with E-state index in [0.29, 0.717) is 22.3 Å². The predicted octanol–water partition coefficient (Wildman–Crippen LogP) is 5.92. The van der Waals surface area contributed by atoms with Gasteiger partial charge in [0.1, 0.15) is 0 Å². The monoisotopic (exact) mass is 460 g/mol. The quantitative estimate of drug-likeness (QED) is 0.358. The average molecular weight is 461 g/mol. The van der Waals surface area contributed by atoms with E-state index in [9.17, 15) is 4.79 Å². The summed E-state index contributed by atoms with van der Waals surface area (Å²) < 4.78 is 2.92. The molecule has 0 N–H and O–H groups in total. The van der Waals surface area contributed by atoms with Gasteiger partial charge in [0.15, 0.2) is 5.13 Å². The Balaban J connectivity index is 0.00000256. The van der Waals surface area contributed by atoms with Crippen LogP contribution < -0.4 is 4.90 Å². The summed E-state index contributed by atoms with van der Waals surface area (Å²) in [6.45, 7) is 5.33. The molecule has 0 atom stereocenters. The molecule has 0 aliphatic heterocycles. The second-order valence-electron chi connectivity index (χ2n) is 7.02. The smallest absolute Gasteiger partial charge is 0.260 e. The molecule has 0 radical (unpaired) electrons. The highest BCUT2D eigenvalue weighted by molar-refractivity contribution is 7.23. The van der Waals surface area contributed by atoms with Crippen molar-refractivity contribution >= 4 is 56.6 Å². The van der Waals surface area contributed by atoms with E-state index in [1.54, 1.807) is 17.4 Å². The summed E-state index contributed by atoms with van der Waals surface area (Å²) in [7, 11) is 0. The number of aromatic nitrogens is 3. The lowest BCUT2D eigenvalue weighted by molar-refractivity contribution is 0.0986. The summed E-state index contributed by atoms with van der Waals surface area (Å²) in [4.78, 5) is 24.0. The van der Waals surface area contributed by atoms with E-state index in [1.165, 1.54) is 11.3 Å². The third kappa shape index (κ3) is 4.67. The lowest BCUT2D eigenvalue weighted by Gasteiger charge is -2.20. The number of nitrogens with zero attached hydrogens (tertiary/aromatic N) is 4. The molecule has 2 heterocycles. The number of hydrogen-bond acceptors (Lipinski definition) is 4. The fourth-order valence-corrected chi connectivity index (χ4v) is 4.60. The fourth-order valence-electron chi connectivity index (χ4n) is 3.25. The summed E-state index contributed by atoms with van der Waals surface area (Å²) in [6, 6.07) is 11.5. The second-order valence-corrected chi connectivity index (χ2v) is 8.40. The number of amides is 1. The zero-order valence-electron chi connectivity index (χ0n) is 16.7. The third-order valence-corrected chi connectivity index (χ3v) is 6.32. The molecule has 4 aromatic rings. The van der Waals surface area contributed by atoms with Gasteiger partial charge >= 0.3 is 0 Å². The van der Waals surface area contributed by atoms with Crippen molar-refractivity contribution in [2.75, 3.05) is 11.4 Å². The molecule has 0 saturated carbocycles. The van der Waals surface area contributed by atoms with Gasteiger partial charge in [-0.05, 0) is 44.0 Å². The molecule has 4 rings (SSSR count). The highest BCUT2D eigenvalue weighted by Gasteiger charge is 2.22. The molecule has 0 fully saturated rings. The van der Waals surface area contributed by atoms with Crippen LogP contribution in [-0.4, -0.2) is 27.0 Å². The fraction of sp³-hybridized carbons (Fsp3) is 0.227. The van der Waals surface area contributed by atoms with Crippen LogP contribution in [0.4, 0.5) is 5.13 Å². The third-order valence-electron chi connectivity index (χ3n) is 4.78. The number of carbonyl (C=O) groups excluding carboxylic acids is 1. The van der Waals surface area contributed by atoms with Crippen molar-refractivity contribution in [2.24, 2.45) is 0 Å². The molecule has 0 unspecified atom stereocenters. The maximum atomic E-state index is 13.4. The molecular formula is C22H22Cl2N4OS. The van der Waals surface area contributed by atoms with Gasteiger partial charge in [-0.15, -0.1) is 12.4 Å². The first-order valence-corrected chi connectivity index (χ1v) is 10.6. The van der Waals surface area contributed by atoms with Crippen molar-refractivity contribution in [3.8, 4) is 0 Å². The predicted molar refractivity (Wildman–Crippen MR) is 126 cm³/mol. The number of imidazole rings is 1. The number of fused-ring (bicyclic) bond motifs is 1. The Labute approximate surface area is 190 Å². The van der Waals surface area contributed by atoms with Crippen molar-refractivity contribution in [3.05, 3.63) is 76.8 Å². The summed E-state index contributed by atoms with van der Waals surface area (Å²) >= 11 is 7.86. The van der Waals surface area contributed by atoms with Crippen LogP contribution in [-0.2, 0) is 6.54 Å². The Morgan fingerprint density at radius 2 is 2.07 bits per heavy atom. The Morgan fingerprint density at radius 1 is 1.23 bits per heavy atom. The highest BCUT2D eigenvalue weighted by Crippen LogP contribution is 2.36. The Morgan fingerprint density at radius 3 is 2.77 bits per heavy atom. The number of anilines is 1. The Bertz CT molecular complexity index is 1120. The maximum absolute atomic E-state index is 13.4. The van der Waals surface area contributed by atoms with Crippen LogP contribution in [0.3, 0.4) is 0 Å². The van der Waals surface area contributed by atoms with Crippen LogP contribution in [0.15, 0.2) is 55.1 Å². The molecule has 0 aliphatic carbocycles. The number of benzene rings is 2. The van der Waals surface area contributed by atoms with Gasteiger partial charge in [-0.1, -0.05) is 46.7 Å². The maximum Gasteiger partial charge on any atom is 0.260 e. The molecule has 0 saturated heterocycles. The van der Waals surface area contributed by atoms with Crippen molar-refractivity contribution in [1.29, 1.82) is 0 Å².